The van der Waals surface area contributed by atoms with Gasteiger partial charge in [-0.3, -0.25) is 0 Å². The molecule has 1 N–H and O–H groups in total. The summed E-state index contributed by atoms with van der Waals surface area (Å²) in [6, 6.07) is 12.6. The minimum Gasteiger partial charge on any atom is -0.316 e. The molecule has 0 aliphatic carbocycles. The quantitative estimate of drug-likeness (QED) is 0.703. The normalized spacial score (nSPS) is 10.9. The molecule has 1 aromatic carbocycles. The van der Waals surface area contributed by atoms with Crippen LogP contribution in [0.4, 0.5) is 4.39 Å². The largest absolute Gasteiger partial charge is 0.316 e. The van der Waals surface area contributed by atoms with Gasteiger partial charge in [0.1, 0.15) is 17.5 Å². The lowest BCUT2D eigenvalue weighted by atomic mass is 10.1. The van der Waals surface area contributed by atoms with Crippen LogP contribution < -0.4 is 5.32 Å². The monoisotopic (exact) mass is 406 g/mol. The van der Waals surface area contributed by atoms with Crippen molar-refractivity contribution in [3.05, 3.63) is 71.9 Å². The summed E-state index contributed by atoms with van der Waals surface area (Å²) in [5.74, 6) is -0.705. The van der Waals surface area contributed by atoms with Crippen LogP contribution in [0.5, 0.6) is 0 Å². The molecular formula is C18H16ClFN4O2S. The minimum absolute atomic E-state index is 0. The Kier molecular flexibility index (Phi) is 6.33. The Hall–Kier alpha value is -2.73. The number of hydrogen-bond acceptors (Lipinski definition) is 5. The van der Waals surface area contributed by atoms with Crippen molar-refractivity contribution in [3.8, 4) is 17.3 Å². The van der Waals surface area contributed by atoms with E-state index in [4.69, 9.17) is 0 Å². The van der Waals surface area contributed by atoms with Crippen LogP contribution in [0.3, 0.4) is 0 Å². The summed E-state index contributed by atoms with van der Waals surface area (Å²) >= 11 is 0. The molecule has 0 spiro atoms. The van der Waals surface area contributed by atoms with Crippen LogP contribution in [0.1, 0.15) is 11.3 Å². The van der Waals surface area contributed by atoms with Crippen LogP contribution in [0.2, 0.25) is 0 Å². The highest BCUT2D eigenvalue weighted by Crippen LogP contribution is 2.32. The van der Waals surface area contributed by atoms with Gasteiger partial charge in [-0.25, -0.2) is 21.8 Å². The van der Waals surface area contributed by atoms with Crippen molar-refractivity contribution in [2.75, 3.05) is 7.05 Å². The van der Waals surface area contributed by atoms with E-state index in [0.717, 1.165) is 3.97 Å². The fraction of sp³-hybridized carbons (Fsp3) is 0.111. The second-order valence-electron chi connectivity index (χ2n) is 5.47. The molecule has 27 heavy (non-hydrogen) atoms. The molecule has 0 saturated carbocycles. The summed E-state index contributed by atoms with van der Waals surface area (Å²) in [6.07, 6.45) is 2.63. The molecule has 0 unspecified atom stereocenters. The lowest BCUT2D eigenvalue weighted by Gasteiger charge is -2.11. The SMILES string of the molecule is CNCc1cn(S(=O)(=O)c2ccccc2)c(-c2cccnc2C#N)c1F.Cl. The molecule has 0 fully saturated rings. The molecule has 0 aliphatic rings. The zero-order valence-electron chi connectivity index (χ0n) is 14.3. The van der Waals surface area contributed by atoms with Crippen LogP contribution in [0, 0.1) is 17.1 Å². The number of rotatable bonds is 5. The molecule has 9 heteroatoms. The van der Waals surface area contributed by atoms with Crippen molar-refractivity contribution in [2.45, 2.75) is 11.4 Å². The Bertz CT molecular complexity index is 1090. The van der Waals surface area contributed by atoms with Gasteiger partial charge in [-0.2, -0.15) is 5.26 Å². The first-order valence-corrected chi connectivity index (χ1v) is 9.15. The van der Waals surface area contributed by atoms with Gasteiger partial charge in [0.25, 0.3) is 10.0 Å². The smallest absolute Gasteiger partial charge is 0.268 e. The van der Waals surface area contributed by atoms with Crippen molar-refractivity contribution in [1.29, 1.82) is 5.26 Å². The van der Waals surface area contributed by atoms with E-state index in [9.17, 15) is 13.7 Å². The fourth-order valence-corrected chi connectivity index (χ4v) is 4.06. The van der Waals surface area contributed by atoms with E-state index in [1.54, 1.807) is 25.2 Å². The molecule has 2 heterocycles. The third-order valence-electron chi connectivity index (χ3n) is 3.82. The van der Waals surface area contributed by atoms with Crippen molar-refractivity contribution in [1.82, 2.24) is 14.3 Å². The van der Waals surface area contributed by atoms with E-state index in [-0.39, 0.29) is 46.4 Å². The maximum atomic E-state index is 15.1. The standard InChI is InChI=1S/C18H15FN4O2S.ClH/c1-21-11-13-12-23(26(24,25)14-6-3-2-4-7-14)18(17(13)19)15-8-5-9-22-16(15)10-20;/h2-9,12,21H,11H2,1H3;1H. The molecule has 6 nitrogen and oxygen atoms in total. The van der Waals surface area contributed by atoms with E-state index in [2.05, 4.69) is 10.3 Å². The fourth-order valence-electron chi connectivity index (χ4n) is 2.64. The Morgan fingerprint density at radius 2 is 1.93 bits per heavy atom. The Morgan fingerprint density at radius 1 is 1.22 bits per heavy atom. The summed E-state index contributed by atoms with van der Waals surface area (Å²) in [6.45, 7) is 0.137. The van der Waals surface area contributed by atoms with Crippen molar-refractivity contribution in [3.63, 3.8) is 0 Å². The summed E-state index contributed by atoms with van der Waals surface area (Å²) in [5.41, 5.74) is 0.0397. The molecule has 0 aliphatic heterocycles. The third kappa shape index (κ3) is 3.71. The molecule has 140 valence electrons. The van der Waals surface area contributed by atoms with Crippen LogP contribution in [-0.4, -0.2) is 24.4 Å². The van der Waals surface area contributed by atoms with Gasteiger partial charge in [-0.1, -0.05) is 18.2 Å². The number of nitrogens with one attached hydrogen (secondary N) is 1. The molecule has 0 radical (unpaired) electrons. The number of benzene rings is 1. The summed E-state index contributed by atoms with van der Waals surface area (Å²) < 4.78 is 42.1. The predicted molar refractivity (Wildman–Crippen MR) is 101 cm³/mol. The van der Waals surface area contributed by atoms with Crippen molar-refractivity contribution >= 4 is 22.4 Å². The Labute approximate surface area is 162 Å². The first-order chi connectivity index (χ1) is 12.5. The van der Waals surface area contributed by atoms with E-state index in [1.165, 1.54) is 36.7 Å². The molecule has 0 atom stereocenters. The van der Waals surface area contributed by atoms with Gasteiger partial charge in [-0.15, -0.1) is 12.4 Å². The van der Waals surface area contributed by atoms with Gasteiger partial charge >= 0.3 is 0 Å². The van der Waals surface area contributed by atoms with Crippen molar-refractivity contribution in [2.24, 2.45) is 0 Å². The van der Waals surface area contributed by atoms with E-state index in [1.807, 2.05) is 6.07 Å². The van der Waals surface area contributed by atoms with Gasteiger partial charge < -0.3 is 5.32 Å². The Morgan fingerprint density at radius 3 is 2.56 bits per heavy atom. The number of aromatic nitrogens is 2. The Balaban J connectivity index is 0.00000261. The van der Waals surface area contributed by atoms with Crippen LogP contribution >= 0.6 is 12.4 Å². The van der Waals surface area contributed by atoms with Crippen LogP contribution in [0.15, 0.2) is 59.8 Å². The lowest BCUT2D eigenvalue weighted by Crippen LogP contribution is -2.14. The first-order valence-electron chi connectivity index (χ1n) is 7.71. The van der Waals surface area contributed by atoms with Crippen LogP contribution in [0.25, 0.3) is 11.3 Å². The number of halogens is 2. The number of nitriles is 1. The number of pyridine rings is 1. The molecule has 0 bridgehead atoms. The average molecular weight is 407 g/mol. The van der Waals surface area contributed by atoms with Crippen molar-refractivity contribution < 1.29 is 12.8 Å². The maximum absolute atomic E-state index is 15.1. The molecule has 2 aromatic heterocycles. The van der Waals surface area contributed by atoms with Gasteiger partial charge in [-0.05, 0) is 31.3 Å². The van der Waals surface area contributed by atoms with Gasteiger partial charge in [0, 0.05) is 30.1 Å². The van der Waals surface area contributed by atoms with Crippen LogP contribution in [-0.2, 0) is 16.6 Å². The zero-order valence-corrected chi connectivity index (χ0v) is 15.9. The molecule has 3 rings (SSSR count). The van der Waals surface area contributed by atoms with E-state index in [0.29, 0.717) is 0 Å². The summed E-state index contributed by atoms with van der Waals surface area (Å²) in [5, 5.41) is 12.1. The number of nitrogens with zero attached hydrogens (tertiary/aromatic N) is 3. The maximum Gasteiger partial charge on any atom is 0.268 e. The molecule has 3 aromatic rings. The van der Waals surface area contributed by atoms with Gasteiger partial charge in [0.05, 0.1) is 4.90 Å². The molecule has 0 saturated heterocycles. The van der Waals surface area contributed by atoms with Gasteiger partial charge in [0.2, 0.25) is 0 Å². The third-order valence-corrected chi connectivity index (χ3v) is 5.49. The highest BCUT2D eigenvalue weighted by molar-refractivity contribution is 7.90. The van der Waals surface area contributed by atoms with E-state index < -0.39 is 15.8 Å². The average Bonchev–Trinajstić information content (AvgIpc) is 3.00. The van der Waals surface area contributed by atoms with Gasteiger partial charge in [0.15, 0.2) is 5.82 Å². The summed E-state index contributed by atoms with van der Waals surface area (Å²) in [4.78, 5) is 3.94. The first kappa shape index (κ1) is 20.6. The zero-order chi connectivity index (χ0) is 18.7. The lowest BCUT2D eigenvalue weighted by molar-refractivity contribution is 0.585. The minimum atomic E-state index is -4.05. The second kappa shape index (κ2) is 8.31. The van der Waals surface area contributed by atoms with E-state index >= 15 is 4.39 Å². The predicted octanol–water partition coefficient (Wildman–Crippen LogP) is 2.94. The number of hydrogen-bond donors (Lipinski definition) is 1. The highest BCUT2D eigenvalue weighted by Gasteiger charge is 2.27. The summed E-state index contributed by atoms with van der Waals surface area (Å²) in [7, 11) is -2.42. The molecule has 0 amide bonds. The highest BCUT2D eigenvalue weighted by atomic mass is 35.5. The topological polar surface area (TPSA) is 87.8 Å². The second-order valence-corrected chi connectivity index (χ2v) is 7.29. The molecular weight excluding hydrogens is 391 g/mol.